The summed E-state index contributed by atoms with van der Waals surface area (Å²) < 4.78 is 10.9. The fourth-order valence-corrected chi connectivity index (χ4v) is 3.34. The smallest absolute Gasteiger partial charge is 0.161 e. The highest BCUT2D eigenvalue weighted by Crippen LogP contribution is 2.38. The van der Waals surface area contributed by atoms with E-state index in [0.29, 0.717) is 6.04 Å². The van der Waals surface area contributed by atoms with Crippen LogP contribution in [0.4, 0.5) is 0 Å². The molecule has 1 heterocycles. The summed E-state index contributed by atoms with van der Waals surface area (Å²) in [6, 6.07) is 13.5. The van der Waals surface area contributed by atoms with Gasteiger partial charge in [-0.1, -0.05) is 29.8 Å². The number of benzene rings is 2. The molecule has 0 unspecified atom stereocenters. The molecule has 0 saturated heterocycles. The number of methoxy groups -OCH3 is 2. The quantitative estimate of drug-likeness (QED) is 0.847. The van der Waals surface area contributed by atoms with Crippen LogP contribution in [0.2, 0.25) is 0 Å². The first kappa shape index (κ1) is 15.9. The molecule has 3 rings (SSSR count). The number of ether oxygens (including phenoxy) is 2. The molecule has 0 radical (unpaired) electrons. The number of fused-ring (bicyclic) bond motifs is 1. The molecule has 3 heteroatoms. The molecule has 1 aliphatic heterocycles. The van der Waals surface area contributed by atoms with Gasteiger partial charge in [-0.25, -0.2) is 0 Å². The van der Waals surface area contributed by atoms with E-state index in [1.54, 1.807) is 14.2 Å². The van der Waals surface area contributed by atoms with Crippen LogP contribution < -0.4 is 9.47 Å². The van der Waals surface area contributed by atoms with Crippen molar-refractivity contribution in [3.63, 3.8) is 0 Å². The summed E-state index contributed by atoms with van der Waals surface area (Å²) in [5.74, 6) is 1.64. The van der Waals surface area contributed by atoms with Crippen molar-refractivity contribution in [1.29, 1.82) is 0 Å². The molecule has 0 spiro atoms. The molecule has 0 aliphatic carbocycles. The first-order valence-electron chi connectivity index (χ1n) is 8.16. The summed E-state index contributed by atoms with van der Waals surface area (Å²) in [7, 11) is 3.39. The standard InChI is InChI=1S/C20H25NO2/c1-14-5-7-16(8-6-14)13-21-10-9-17-11-19(22-3)20(23-4)12-18(17)15(21)2/h5-8,11-12,15H,9-10,13H2,1-4H3/t15-/m1/s1. The monoisotopic (exact) mass is 311 g/mol. The van der Waals surface area contributed by atoms with Gasteiger partial charge in [0.1, 0.15) is 0 Å². The van der Waals surface area contributed by atoms with Crippen molar-refractivity contribution < 1.29 is 9.47 Å². The number of aryl methyl sites for hydroxylation is 1. The van der Waals surface area contributed by atoms with Crippen molar-refractivity contribution >= 4 is 0 Å². The van der Waals surface area contributed by atoms with E-state index < -0.39 is 0 Å². The van der Waals surface area contributed by atoms with Gasteiger partial charge in [0.15, 0.2) is 11.5 Å². The summed E-state index contributed by atoms with van der Waals surface area (Å²) in [4.78, 5) is 2.53. The lowest BCUT2D eigenvalue weighted by Gasteiger charge is -2.35. The van der Waals surface area contributed by atoms with Gasteiger partial charge in [0.05, 0.1) is 14.2 Å². The second-order valence-corrected chi connectivity index (χ2v) is 6.29. The third-order valence-electron chi connectivity index (χ3n) is 4.82. The highest BCUT2D eigenvalue weighted by molar-refractivity contribution is 5.49. The summed E-state index contributed by atoms with van der Waals surface area (Å²) in [5.41, 5.74) is 5.39. The van der Waals surface area contributed by atoms with Crippen molar-refractivity contribution in [1.82, 2.24) is 4.90 Å². The molecule has 2 aromatic carbocycles. The first-order chi connectivity index (χ1) is 11.1. The summed E-state index contributed by atoms with van der Waals surface area (Å²) in [6.45, 7) is 6.45. The number of hydrogen-bond donors (Lipinski definition) is 0. The van der Waals surface area contributed by atoms with E-state index in [4.69, 9.17) is 9.47 Å². The zero-order valence-electron chi connectivity index (χ0n) is 14.4. The Balaban J connectivity index is 1.84. The second-order valence-electron chi connectivity index (χ2n) is 6.29. The van der Waals surface area contributed by atoms with Crippen LogP contribution in [0.1, 0.15) is 35.2 Å². The maximum absolute atomic E-state index is 5.47. The topological polar surface area (TPSA) is 21.7 Å². The molecule has 0 N–H and O–H groups in total. The van der Waals surface area contributed by atoms with Crippen molar-refractivity contribution in [2.45, 2.75) is 32.9 Å². The SMILES string of the molecule is COc1cc2c(cc1OC)[C@@H](C)N(Cc1ccc(C)cc1)CC2. The molecule has 2 aromatic rings. The molecule has 3 nitrogen and oxygen atoms in total. The normalized spacial score (nSPS) is 17.7. The van der Waals surface area contributed by atoms with Gasteiger partial charge < -0.3 is 9.47 Å². The zero-order chi connectivity index (χ0) is 16.4. The predicted molar refractivity (Wildman–Crippen MR) is 93.3 cm³/mol. The number of nitrogens with zero attached hydrogens (tertiary/aromatic N) is 1. The summed E-state index contributed by atoms with van der Waals surface area (Å²) in [5, 5.41) is 0. The Morgan fingerprint density at radius 1 is 1.04 bits per heavy atom. The Labute approximate surface area is 138 Å². The Morgan fingerprint density at radius 2 is 1.70 bits per heavy atom. The Morgan fingerprint density at radius 3 is 2.35 bits per heavy atom. The maximum Gasteiger partial charge on any atom is 0.161 e. The molecular weight excluding hydrogens is 286 g/mol. The summed E-state index contributed by atoms with van der Waals surface area (Å²) >= 11 is 0. The van der Waals surface area contributed by atoms with E-state index in [1.807, 2.05) is 0 Å². The van der Waals surface area contributed by atoms with Crippen LogP contribution in [0.5, 0.6) is 11.5 Å². The molecule has 23 heavy (non-hydrogen) atoms. The van der Waals surface area contributed by atoms with Crippen LogP contribution in [0, 0.1) is 6.92 Å². The Hall–Kier alpha value is -2.00. The van der Waals surface area contributed by atoms with E-state index in [1.165, 1.54) is 22.3 Å². The van der Waals surface area contributed by atoms with Gasteiger partial charge in [-0.15, -0.1) is 0 Å². The van der Waals surface area contributed by atoms with Crippen LogP contribution in [0.15, 0.2) is 36.4 Å². The van der Waals surface area contributed by atoms with Crippen LogP contribution in [-0.2, 0) is 13.0 Å². The minimum atomic E-state index is 0.375. The van der Waals surface area contributed by atoms with Gasteiger partial charge in [0.25, 0.3) is 0 Å². The first-order valence-corrected chi connectivity index (χ1v) is 8.16. The van der Waals surface area contributed by atoms with E-state index in [0.717, 1.165) is 31.0 Å². The average Bonchev–Trinajstić information content (AvgIpc) is 2.58. The lowest BCUT2D eigenvalue weighted by atomic mass is 9.92. The highest BCUT2D eigenvalue weighted by Gasteiger charge is 2.25. The Kier molecular flexibility index (Phi) is 4.58. The molecule has 0 fully saturated rings. The van der Waals surface area contributed by atoms with Crippen LogP contribution in [0.25, 0.3) is 0 Å². The lowest BCUT2D eigenvalue weighted by Crippen LogP contribution is -2.33. The number of rotatable bonds is 4. The van der Waals surface area contributed by atoms with E-state index in [9.17, 15) is 0 Å². The third-order valence-corrected chi connectivity index (χ3v) is 4.82. The molecule has 0 aromatic heterocycles. The molecule has 0 amide bonds. The predicted octanol–water partition coefficient (Wildman–Crippen LogP) is 4.13. The molecule has 1 aliphatic rings. The van der Waals surface area contributed by atoms with Crippen molar-refractivity contribution in [2.75, 3.05) is 20.8 Å². The molecule has 122 valence electrons. The highest BCUT2D eigenvalue weighted by atomic mass is 16.5. The average molecular weight is 311 g/mol. The molecule has 0 saturated carbocycles. The van der Waals surface area contributed by atoms with Crippen molar-refractivity contribution in [2.24, 2.45) is 0 Å². The van der Waals surface area contributed by atoms with Gasteiger partial charge in [0, 0.05) is 19.1 Å². The van der Waals surface area contributed by atoms with Crippen LogP contribution >= 0.6 is 0 Å². The maximum atomic E-state index is 5.47. The second kappa shape index (κ2) is 6.63. The summed E-state index contributed by atoms with van der Waals surface area (Å²) in [6.07, 6.45) is 1.05. The van der Waals surface area contributed by atoms with Gasteiger partial charge in [-0.3, -0.25) is 4.90 Å². The minimum absolute atomic E-state index is 0.375. The molecule has 1 atom stereocenters. The third kappa shape index (κ3) is 3.20. The van der Waals surface area contributed by atoms with Gasteiger partial charge in [-0.05, 0) is 49.1 Å². The van der Waals surface area contributed by atoms with Gasteiger partial charge in [-0.2, -0.15) is 0 Å². The van der Waals surface area contributed by atoms with E-state index in [2.05, 4.69) is 55.1 Å². The van der Waals surface area contributed by atoms with Crippen LogP contribution in [-0.4, -0.2) is 25.7 Å². The largest absolute Gasteiger partial charge is 0.493 e. The fourth-order valence-electron chi connectivity index (χ4n) is 3.34. The van der Waals surface area contributed by atoms with E-state index in [-0.39, 0.29) is 0 Å². The van der Waals surface area contributed by atoms with Gasteiger partial charge in [0.2, 0.25) is 0 Å². The fraction of sp³-hybridized carbons (Fsp3) is 0.400. The minimum Gasteiger partial charge on any atom is -0.493 e. The molecule has 0 bridgehead atoms. The zero-order valence-corrected chi connectivity index (χ0v) is 14.4. The van der Waals surface area contributed by atoms with Gasteiger partial charge >= 0.3 is 0 Å². The lowest BCUT2D eigenvalue weighted by molar-refractivity contribution is 0.189. The van der Waals surface area contributed by atoms with E-state index >= 15 is 0 Å². The molecular formula is C20H25NO2. The number of hydrogen-bond acceptors (Lipinski definition) is 3. The Bertz CT molecular complexity index is 679. The van der Waals surface area contributed by atoms with Crippen molar-refractivity contribution in [3.05, 3.63) is 58.7 Å². The van der Waals surface area contributed by atoms with Crippen LogP contribution in [0.3, 0.4) is 0 Å². The van der Waals surface area contributed by atoms with Crippen molar-refractivity contribution in [3.8, 4) is 11.5 Å².